The highest BCUT2D eigenvalue weighted by atomic mass is 14.3. The van der Waals surface area contributed by atoms with Crippen LogP contribution in [0.1, 0.15) is 88.7 Å². The molecule has 0 amide bonds. The molecular formula is C27H36. The molecule has 2 fully saturated rings. The van der Waals surface area contributed by atoms with Crippen LogP contribution in [-0.2, 0) is 0 Å². The fraction of sp³-hybridized carbons (Fsp3) is 0.556. The van der Waals surface area contributed by atoms with Gasteiger partial charge in [-0.25, -0.2) is 0 Å². The first kappa shape index (κ1) is 18.8. The lowest BCUT2D eigenvalue weighted by Crippen LogP contribution is -2.13. The van der Waals surface area contributed by atoms with E-state index in [1.807, 2.05) is 0 Å². The van der Waals surface area contributed by atoms with Crippen molar-refractivity contribution in [3.05, 3.63) is 65.3 Å². The van der Waals surface area contributed by atoms with E-state index in [0.717, 1.165) is 30.1 Å². The van der Waals surface area contributed by atoms with Crippen molar-refractivity contribution in [2.24, 2.45) is 17.8 Å². The predicted molar refractivity (Wildman–Crippen MR) is 118 cm³/mol. The monoisotopic (exact) mass is 360 g/mol. The molecule has 144 valence electrons. The van der Waals surface area contributed by atoms with E-state index in [1.54, 1.807) is 11.1 Å². The van der Waals surface area contributed by atoms with E-state index in [9.17, 15) is 0 Å². The third-order valence-electron chi connectivity index (χ3n) is 7.37. The van der Waals surface area contributed by atoms with Gasteiger partial charge < -0.3 is 0 Å². The molecular weight excluding hydrogens is 324 g/mol. The van der Waals surface area contributed by atoms with E-state index < -0.39 is 0 Å². The van der Waals surface area contributed by atoms with Gasteiger partial charge in [-0.1, -0.05) is 88.1 Å². The number of benzene rings is 1. The summed E-state index contributed by atoms with van der Waals surface area (Å²) in [5.74, 6) is 3.43. The minimum atomic E-state index is 0.788. The van der Waals surface area contributed by atoms with Crippen LogP contribution in [0.2, 0.25) is 0 Å². The third-order valence-corrected chi connectivity index (χ3v) is 7.37. The van der Waals surface area contributed by atoms with Gasteiger partial charge in [-0.3, -0.25) is 0 Å². The van der Waals surface area contributed by atoms with E-state index in [-0.39, 0.29) is 0 Å². The van der Waals surface area contributed by atoms with E-state index in [1.165, 1.54) is 62.5 Å². The van der Waals surface area contributed by atoms with E-state index in [4.69, 9.17) is 0 Å². The molecule has 0 radical (unpaired) electrons. The van der Waals surface area contributed by atoms with Crippen LogP contribution in [0.15, 0.2) is 54.1 Å². The molecule has 3 aliphatic carbocycles. The van der Waals surface area contributed by atoms with Gasteiger partial charge >= 0.3 is 0 Å². The zero-order chi connectivity index (χ0) is 18.6. The molecule has 1 aromatic rings. The van der Waals surface area contributed by atoms with Crippen molar-refractivity contribution in [3.8, 4) is 0 Å². The molecule has 0 heteroatoms. The Bertz CT molecular complexity index is 699. The Hall–Kier alpha value is -1.56. The molecule has 0 spiro atoms. The van der Waals surface area contributed by atoms with Crippen molar-refractivity contribution < 1.29 is 0 Å². The summed E-state index contributed by atoms with van der Waals surface area (Å²) in [6, 6.07) is 9.51. The largest absolute Gasteiger partial charge is 0.0772 e. The second-order valence-corrected chi connectivity index (χ2v) is 9.47. The third kappa shape index (κ3) is 4.65. The SMILES string of the molecule is CC1CCC(C2=CCC=C(c3ccc(C4CCC(C)CC4)cc3)C=C2)CC1. The van der Waals surface area contributed by atoms with E-state index in [2.05, 4.69) is 62.4 Å². The van der Waals surface area contributed by atoms with Gasteiger partial charge in [0.1, 0.15) is 0 Å². The van der Waals surface area contributed by atoms with Crippen molar-refractivity contribution in [1.82, 2.24) is 0 Å². The van der Waals surface area contributed by atoms with Crippen molar-refractivity contribution in [2.75, 3.05) is 0 Å². The first-order chi connectivity index (χ1) is 13.2. The summed E-state index contributed by atoms with van der Waals surface area (Å²) in [4.78, 5) is 0. The number of hydrogen-bond acceptors (Lipinski definition) is 0. The molecule has 0 nitrogen and oxygen atoms in total. The average molecular weight is 361 g/mol. The van der Waals surface area contributed by atoms with Crippen LogP contribution in [-0.4, -0.2) is 0 Å². The Kier molecular flexibility index (Phi) is 6.01. The number of hydrogen-bond donors (Lipinski definition) is 0. The summed E-state index contributed by atoms with van der Waals surface area (Å²) in [6.45, 7) is 4.81. The lowest BCUT2D eigenvalue weighted by atomic mass is 9.79. The summed E-state index contributed by atoms with van der Waals surface area (Å²) in [7, 11) is 0. The zero-order valence-electron chi connectivity index (χ0n) is 17.3. The molecule has 2 saturated carbocycles. The highest BCUT2D eigenvalue weighted by Crippen LogP contribution is 2.37. The maximum absolute atomic E-state index is 2.47. The quantitative estimate of drug-likeness (QED) is 0.511. The number of allylic oxidation sites excluding steroid dienone is 6. The fourth-order valence-electron chi connectivity index (χ4n) is 5.30. The Morgan fingerprint density at radius 2 is 1.22 bits per heavy atom. The Labute approximate surface area is 166 Å². The predicted octanol–water partition coefficient (Wildman–Crippen LogP) is 8.08. The molecule has 0 unspecified atom stereocenters. The van der Waals surface area contributed by atoms with Gasteiger partial charge in [-0.2, -0.15) is 0 Å². The van der Waals surface area contributed by atoms with Gasteiger partial charge in [0, 0.05) is 0 Å². The van der Waals surface area contributed by atoms with Crippen molar-refractivity contribution in [1.29, 1.82) is 0 Å². The van der Waals surface area contributed by atoms with Crippen LogP contribution in [0.4, 0.5) is 0 Å². The lowest BCUT2D eigenvalue weighted by Gasteiger charge is -2.27. The highest BCUT2D eigenvalue weighted by molar-refractivity contribution is 5.75. The first-order valence-corrected chi connectivity index (χ1v) is 11.4. The lowest BCUT2D eigenvalue weighted by molar-refractivity contribution is 0.323. The molecule has 0 N–H and O–H groups in total. The Balaban J connectivity index is 1.40. The molecule has 0 saturated heterocycles. The fourth-order valence-corrected chi connectivity index (χ4v) is 5.30. The summed E-state index contributed by atoms with van der Waals surface area (Å²) < 4.78 is 0. The molecule has 4 rings (SSSR count). The van der Waals surface area contributed by atoms with Crippen LogP contribution in [0, 0.1) is 17.8 Å². The minimum absolute atomic E-state index is 0.788. The Morgan fingerprint density at radius 1 is 0.630 bits per heavy atom. The summed E-state index contributed by atoms with van der Waals surface area (Å²) in [6.07, 6.45) is 21.8. The van der Waals surface area contributed by atoms with Crippen molar-refractivity contribution in [2.45, 2.75) is 77.6 Å². The molecule has 0 bridgehead atoms. The van der Waals surface area contributed by atoms with Crippen LogP contribution in [0.5, 0.6) is 0 Å². The molecule has 27 heavy (non-hydrogen) atoms. The molecule has 0 aliphatic heterocycles. The Morgan fingerprint density at radius 3 is 1.85 bits per heavy atom. The van der Waals surface area contributed by atoms with Crippen LogP contribution in [0.25, 0.3) is 5.57 Å². The van der Waals surface area contributed by atoms with Crippen molar-refractivity contribution >= 4 is 5.57 Å². The molecule has 3 aliphatic rings. The second kappa shape index (κ2) is 8.63. The van der Waals surface area contributed by atoms with Gasteiger partial charge in [0.2, 0.25) is 0 Å². The summed E-state index contributed by atoms with van der Waals surface area (Å²) in [5, 5.41) is 0. The normalized spacial score (nSPS) is 31.8. The maximum Gasteiger partial charge on any atom is -0.0154 e. The van der Waals surface area contributed by atoms with Crippen LogP contribution < -0.4 is 0 Å². The second-order valence-electron chi connectivity index (χ2n) is 9.47. The molecule has 0 aromatic heterocycles. The standard InChI is InChI=1S/C27H36/c1-20-6-10-24(11-7-20)22-4-3-5-23(15-14-22)26-16-18-27(19-17-26)25-12-8-21(2)9-13-25/h4-5,14-21,24-25H,3,6-13H2,1-2H3. The molecule has 1 aromatic carbocycles. The summed E-state index contributed by atoms with van der Waals surface area (Å²) in [5.41, 5.74) is 5.92. The topological polar surface area (TPSA) is 0 Å². The van der Waals surface area contributed by atoms with Gasteiger partial charge in [0.05, 0.1) is 0 Å². The van der Waals surface area contributed by atoms with E-state index in [0.29, 0.717) is 0 Å². The highest BCUT2D eigenvalue weighted by Gasteiger charge is 2.21. The maximum atomic E-state index is 2.47. The molecule has 0 atom stereocenters. The summed E-state index contributed by atoms with van der Waals surface area (Å²) >= 11 is 0. The van der Waals surface area contributed by atoms with Gasteiger partial charge in [0.15, 0.2) is 0 Å². The van der Waals surface area contributed by atoms with Gasteiger partial charge in [-0.15, -0.1) is 0 Å². The van der Waals surface area contributed by atoms with Gasteiger partial charge in [0.25, 0.3) is 0 Å². The van der Waals surface area contributed by atoms with E-state index >= 15 is 0 Å². The smallest absolute Gasteiger partial charge is 0.0154 e. The van der Waals surface area contributed by atoms with Gasteiger partial charge in [-0.05, 0) is 78.0 Å². The number of rotatable bonds is 3. The first-order valence-electron chi connectivity index (χ1n) is 11.4. The molecule has 0 heterocycles. The minimum Gasteiger partial charge on any atom is -0.0772 e. The average Bonchev–Trinajstić information content (AvgIpc) is 2.96. The zero-order valence-corrected chi connectivity index (χ0v) is 17.3. The van der Waals surface area contributed by atoms with Crippen molar-refractivity contribution in [3.63, 3.8) is 0 Å². The van der Waals surface area contributed by atoms with Crippen LogP contribution in [0.3, 0.4) is 0 Å². The van der Waals surface area contributed by atoms with Crippen LogP contribution >= 0.6 is 0 Å².